The van der Waals surface area contributed by atoms with Gasteiger partial charge in [0.05, 0.1) is 17.7 Å². The quantitative estimate of drug-likeness (QED) is 0.779. The molecule has 0 unspecified atom stereocenters. The van der Waals surface area contributed by atoms with Gasteiger partial charge in [0.25, 0.3) is 0 Å². The summed E-state index contributed by atoms with van der Waals surface area (Å²) in [5.74, 6) is -0.454. The van der Waals surface area contributed by atoms with Crippen molar-refractivity contribution in [2.45, 2.75) is 19.4 Å². The van der Waals surface area contributed by atoms with Gasteiger partial charge < -0.3 is 9.64 Å². The van der Waals surface area contributed by atoms with Crippen LogP contribution in [-0.4, -0.2) is 48.8 Å². The lowest BCUT2D eigenvalue weighted by Gasteiger charge is -2.27. The van der Waals surface area contributed by atoms with E-state index in [-0.39, 0.29) is 16.9 Å². The number of rotatable bonds is 3. The first kappa shape index (κ1) is 15.6. The number of ether oxygens (including phenoxy) is 1. The second-order valence-corrected chi connectivity index (χ2v) is 6.31. The Kier molecular flexibility index (Phi) is 3.49. The van der Waals surface area contributed by atoms with Crippen molar-refractivity contribution < 1.29 is 13.5 Å². The fourth-order valence-corrected chi connectivity index (χ4v) is 2.60. The maximum atomic E-state index is 13.9. The molecule has 1 N–H and O–H groups in total. The van der Waals surface area contributed by atoms with E-state index in [0.717, 1.165) is 12.1 Å². The number of benzene rings is 1. The van der Waals surface area contributed by atoms with Crippen molar-refractivity contribution in [3.05, 3.63) is 36.2 Å². The molecule has 0 aliphatic carbocycles. The number of hydrogen-bond acceptors (Lipinski definition) is 6. The summed E-state index contributed by atoms with van der Waals surface area (Å²) in [6.07, 6.45) is 1.38. The lowest BCUT2D eigenvalue weighted by Crippen LogP contribution is -2.40. The summed E-state index contributed by atoms with van der Waals surface area (Å²) in [5.41, 5.74) is -0.113. The fourth-order valence-electron chi connectivity index (χ4n) is 2.60. The van der Waals surface area contributed by atoms with Crippen LogP contribution in [0.2, 0.25) is 0 Å². The molecule has 1 aliphatic heterocycles. The summed E-state index contributed by atoms with van der Waals surface area (Å²) in [6.45, 7) is 5.03. The molecule has 25 heavy (non-hydrogen) atoms. The lowest BCUT2D eigenvalue weighted by molar-refractivity contribution is 0.184. The SMILES string of the molecule is CC1(C)COCN1c1n[nH]c(-n2cnc(-c3ccc(F)cc3F)n2)n1. The summed E-state index contributed by atoms with van der Waals surface area (Å²) in [6, 6.07) is 3.24. The highest BCUT2D eigenvalue weighted by molar-refractivity contribution is 5.55. The minimum absolute atomic E-state index is 0.106. The van der Waals surface area contributed by atoms with Gasteiger partial charge >= 0.3 is 0 Å². The number of nitrogens with one attached hydrogen (secondary N) is 1. The van der Waals surface area contributed by atoms with Gasteiger partial charge in [0.15, 0.2) is 5.82 Å². The summed E-state index contributed by atoms with van der Waals surface area (Å²) in [4.78, 5) is 10.4. The maximum absolute atomic E-state index is 13.9. The average Bonchev–Trinajstić information content (AvgIpc) is 3.25. The highest BCUT2D eigenvalue weighted by Crippen LogP contribution is 2.26. The highest BCUT2D eigenvalue weighted by atomic mass is 19.1. The molecular formula is C15H15F2N7O. The molecular weight excluding hydrogens is 332 g/mol. The van der Waals surface area contributed by atoms with E-state index in [0.29, 0.717) is 25.2 Å². The molecule has 0 bridgehead atoms. The van der Waals surface area contributed by atoms with Crippen LogP contribution >= 0.6 is 0 Å². The predicted molar refractivity (Wildman–Crippen MR) is 84.0 cm³/mol. The summed E-state index contributed by atoms with van der Waals surface area (Å²) < 4.78 is 33.7. The molecule has 4 rings (SSSR count). The smallest absolute Gasteiger partial charge is 0.249 e. The van der Waals surface area contributed by atoms with Crippen molar-refractivity contribution in [2.75, 3.05) is 18.2 Å². The lowest BCUT2D eigenvalue weighted by atomic mass is 10.1. The van der Waals surface area contributed by atoms with Gasteiger partial charge in [-0.2, -0.15) is 9.67 Å². The molecule has 8 nitrogen and oxygen atoms in total. The first-order valence-electron chi connectivity index (χ1n) is 7.59. The van der Waals surface area contributed by atoms with Crippen molar-refractivity contribution in [2.24, 2.45) is 0 Å². The zero-order chi connectivity index (χ0) is 17.6. The van der Waals surface area contributed by atoms with Crippen LogP contribution in [0, 0.1) is 11.6 Å². The van der Waals surface area contributed by atoms with E-state index in [9.17, 15) is 8.78 Å². The van der Waals surface area contributed by atoms with E-state index in [4.69, 9.17) is 4.74 Å². The van der Waals surface area contributed by atoms with Crippen LogP contribution in [0.15, 0.2) is 24.5 Å². The highest BCUT2D eigenvalue weighted by Gasteiger charge is 2.35. The van der Waals surface area contributed by atoms with E-state index in [1.807, 2.05) is 18.7 Å². The number of anilines is 1. The molecule has 0 atom stereocenters. The summed E-state index contributed by atoms with van der Waals surface area (Å²) in [5, 5.41) is 11.1. The van der Waals surface area contributed by atoms with E-state index in [2.05, 4.69) is 25.3 Å². The Morgan fingerprint density at radius 2 is 2.12 bits per heavy atom. The third-order valence-corrected chi connectivity index (χ3v) is 3.99. The fraction of sp³-hybridized carbons (Fsp3) is 0.333. The normalized spacial score (nSPS) is 16.6. The molecule has 1 fully saturated rings. The van der Waals surface area contributed by atoms with Gasteiger partial charge in [-0.15, -0.1) is 10.2 Å². The average molecular weight is 347 g/mol. The topological polar surface area (TPSA) is 84.8 Å². The van der Waals surface area contributed by atoms with Crippen LogP contribution in [0.25, 0.3) is 17.3 Å². The van der Waals surface area contributed by atoms with Gasteiger partial charge in [0.2, 0.25) is 11.9 Å². The number of aromatic amines is 1. The predicted octanol–water partition coefficient (Wildman–Crippen LogP) is 1.90. The first-order valence-corrected chi connectivity index (χ1v) is 7.59. The van der Waals surface area contributed by atoms with Crippen molar-refractivity contribution in [1.29, 1.82) is 0 Å². The molecule has 0 spiro atoms. The third-order valence-electron chi connectivity index (χ3n) is 3.99. The largest absolute Gasteiger partial charge is 0.359 e. The van der Waals surface area contributed by atoms with Crippen LogP contribution in [0.5, 0.6) is 0 Å². The number of hydrogen-bond donors (Lipinski definition) is 1. The Morgan fingerprint density at radius 1 is 1.28 bits per heavy atom. The van der Waals surface area contributed by atoms with Gasteiger partial charge in [-0.05, 0) is 26.0 Å². The van der Waals surface area contributed by atoms with E-state index >= 15 is 0 Å². The van der Waals surface area contributed by atoms with Gasteiger partial charge in [-0.1, -0.05) is 0 Å². The number of halogens is 2. The van der Waals surface area contributed by atoms with Crippen molar-refractivity contribution in [3.63, 3.8) is 0 Å². The summed E-state index contributed by atoms with van der Waals surface area (Å²) in [7, 11) is 0. The standard InChI is InChI=1S/C15H15F2N7O/c1-15(2)6-25-8-23(15)13-19-14(21-20-13)24-7-18-12(22-24)10-4-3-9(16)5-11(10)17/h3-5,7H,6,8H2,1-2H3,(H,19,20,21). The van der Waals surface area contributed by atoms with Crippen molar-refractivity contribution in [1.82, 2.24) is 29.9 Å². The van der Waals surface area contributed by atoms with Crippen LogP contribution < -0.4 is 4.90 Å². The van der Waals surface area contributed by atoms with Crippen LogP contribution in [-0.2, 0) is 4.74 Å². The molecule has 1 aliphatic rings. The monoisotopic (exact) mass is 347 g/mol. The zero-order valence-corrected chi connectivity index (χ0v) is 13.6. The number of aromatic nitrogens is 6. The molecule has 0 amide bonds. The van der Waals surface area contributed by atoms with Crippen molar-refractivity contribution >= 4 is 5.95 Å². The van der Waals surface area contributed by atoms with E-state index < -0.39 is 11.6 Å². The van der Waals surface area contributed by atoms with Gasteiger partial charge in [0, 0.05) is 6.07 Å². The second-order valence-electron chi connectivity index (χ2n) is 6.31. The van der Waals surface area contributed by atoms with Crippen molar-refractivity contribution in [3.8, 4) is 17.3 Å². The molecule has 0 saturated carbocycles. The zero-order valence-electron chi connectivity index (χ0n) is 13.6. The Balaban J connectivity index is 1.63. The molecule has 130 valence electrons. The Bertz CT molecular complexity index is 920. The molecule has 10 heteroatoms. The molecule has 3 aromatic rings. The Labute approximate surface area is 141 Å². The van der Waals surface area contributed by atoms with E-state index in [1.165, 1.54) is 17.1 Å². The van der Waals surface area contributed by atoms with Gasteiger partial charge in [0.1, 0.15) is 24.7 Å². The van der Waals surface area contributed by atoms with Gasteiger partial charge in [-0.25, -0.2) is 18.9 Å². The van der Waals surface area contributed by atoms with Crippen LogP contribution in [0.4, 0.5) is 14.7 Å². The first-order chi connectivity index (χ1) is 11.9. The third kappa shape index (κ3) is 2.74. The molecule has 1 saturated heterocycles. The minimum Gasteiger partial charge on any atom is -0.359 e. The van der Waals surface area contributed by atoms with Crippen LogP contribution in [0.1, 0.15) is 13.8 Å². The molecule has 1 aromatic carbocycles. The Morgan fingerprint density at radius 3 is 2.84 bits per heavy atom. The minimum atomic E-state index is -0.730. The molecule has 0 radical (unpaired) electrons. The molecule has 2 aromatic heterocycles. The van der Waals surface area contributed by atoms with Gasteiger partial charge in [-0.3, -0.25) is 0 Å². The number of nitrogens with zero attached hydrogens (tertiary/aromatic N) is 6. The number of H-pyrrole nitrogens is 1. The second kappa shape index (κ2) is 5.59. The maximum Gasteiger partial charge on any atom is 0.249 e. The van der Waals surface area contributed by atoms with Crippen LogP contribution in [0.3, 0.4) is 0 Å². The molecule has 3 heterocycles. The Hall–Kier alpha value is -2.88. The van der Waals surface area contributed by atoms with E-state index in [1.54, 1.807) is 0 Å². The summed E-state index contributed by atoms with van der Waals surface area (Å²) >= 11 is 0.